The van der Waals surface area contributed by atoms with Crippen molar-refractivity contribution in [2.75, 3.05) is 0 Å². The van der Waals surface area contributed by atoms with Crippen molar-refractivity contribution in [3.63, 3.8) is 0 Å². The van der Waals surface area contributed by atoms with Crippen molar-refractivity contribution in [2.24, 2.45) is 0 Å². The van der Waals surface area contributed by atoms with Crippen LogP contribution in [-0.2, 0) is 16.1 Å². The second kappa shape index (κ2) is 8.26. The summed E-state index contributed by atoms with van der Waals surface area (Å²) in [4.78, 5) is 11.4. The van der Waals surface area contributed by atoms with E-state index in [1.807, 2.05) is 0 Å². The lowest BCUT2D eigenvalue weighted by Crippen LogP contribution is -2.21. The highest BCUT2D eigenvalue weighted by atomic mass is 19.3. The SMILES string of the molecule is O=C1CCC(OCc2c(-c3c(C(F)F)cccc3C(F)F)n[nH]c2C2CC2)CC1. The number of halogens is 4. The van der Waals surface area contributed by atoms with Gasteiger partial charge >= 0.3 is 0 Å². The van der Waals surface area contributed by atoms with E-state index in [1.54, 1.807) is 0 Å². The molecule has 2 aliphatic carbocycles. The summed E-state index contributed by atoms with van der Waals surface area (Å²) in [6.45, 7) is 0.0940. The molecule has 0 bridgehead atoms. The van der Waals surface area contributed by atoms with Gasteiger partial charge in [-0.3, -0.25) is 9.89 Å². The first-order valence-electron chi connectivity index (χ1n) is 9.85. The smallest absolute Gasteiger partial charge is 0.264 e. The van der Waals surface area contributed by atoms with E-state index in [2.05, 4.69) is 10.2 Å². The van der Waals surface area contributed by atoms with Crippen LogP contribution in [0.1, 0.15) is 79.7 Å². The average molecular weight is 410 g/mol. The van der Waals surface area contributed by atoms with Gasteiger partial charge in [-0.1, -0.05) is 18.2 Å². The van der Waals surface area contributed by atoms with Crippen molar-refractivity contribution in [1.29, 1.82) is 0 Å². The van der Waals surface area contributed by atoms with Crippen molar-refractivity contribution in [1.82, 2.24) is 10.2 Å². The minimum absolute atomic E-state index is 0.0940. The van der Waals surface area contributed by atoms with Crippen LogP contribution in [0, 0.1) is 0 Å². The Morgan fingerprint density at radius 2 is 1.66 bits per heavy atom. The van der Waals surface area contributed by atoms with E-state index in [4.69, 9.17) is 4.74 Å². The number of benzene rings is 1. The molecule has 2 aliphatic rings. The fourth-order valence-corrected chi connectivity index (χ4v) is 3.95. The second-order valence-electron chi connectivity index (χ2n) is 7.70. The highest BCUT2D eigenvalue weighted by Gasteiger charge is 2.33. The number of nitrogens with one attached hydrogen (secondary N) is 1. The number of ketones is 1. The number of carbonyl (C=O) groups is 1. The van der Waals surface area contributed by atoms with Gasteiger partial charge in [0.05, 0.1) is 18.4 Å². The highest BCUT2D eigenvalue weighted by Crippen LogP contribution is 2.45. The number of H-pyrrole nitrogens is 1. The number of carbonyl (C=O) groups excluding carboxylic acids is 1. The Labute approximate surface area is 165 Å². The third-order valence-corrected chi connectivity index (χ3v) is 5.67. The minimum Gasteiger partial charge on any atom is -0.373 e. The normalized spacial score (nSPS) is 18.2. The van der Waals surface area contributed by atoms with Gasteiger partial charge in [0.25, 0.3) is 12.9 Å². The lowest BCUT2D eigenvalue weighted by molar-refractivity contribution is -0.123. The maximum atomic E-state index is 13.6. The van der Waals surface area contributed by atoms with E-state index in [-0.39, 0.29) is 35.7 Å². The number of aromatic nitrogens is 2. The summed E-state index contributed by atoms with van der Waals surface area (Å²) in [5.74, 6) is 0.427. The van der Waals surface area contributed by atoms with Gasteiger partial charge in [0.2, 0.25) is 0 Å². The van der Waals surface area contributed by atoms with Gasteiger partial charge in [-0.2, -0.15) is 5.10 Å². The molecule has 1 heterocycles. The van der Waals surface area contributed by atoms with Gasteiger partial charge < -0.3 is 4.74 Å². The lowest BCUT2D eigenvalue weighted by atomic mass is 9.94. The third kappa shape index (κ3) is 4.22. The summed E-state index contributed by atoms with van der Waals surface area (Å²) in [6.07, 6.45) is -1.89. The van der Waals surface area contributed by atoms with Crippen LogP contribution >= 0.6 is 0 Å². The maximum absolute atomic E-state index is 13.6. The quantitative estimate of drug-likeness (QED) is 0.582. The van der Waals surface area contributed by atoms with E-state index in [0.717, 1.165) is 30.7 Å². The molecule has 0 aliphatic heterocycles. The topological polar surface area (TPSA) is 55.0 Å². The summed E-state index contributed by atoms with van der Waals surface area (Å²) < 4.78 is 60.5. The van der Waals surface area contributed by atoms with Gasteiger partial charge in [-0.05, 0) is 25.7 Å². The Balaban J connectivity index is 1.71. The van der Waals surface area contributed by atoms with Gasteiger partial charge in [0, 0.05) is 46.7 Å². The minimum atomic E-state index is -2.90. The van der Waals surface area contributed by atoms with Crippen LogP contribution in [0.2, 0.25) is 0 Å². The van der Waals surface area contributed by atoms with Crippen LogP contribution < -0.4 is 0 Å². The number of hydrogen-bond acceptors (Lipinski definition) is 3. The molecule has 2 saturated carbocycles. The average Bonchev–Trinajstić information content (AvgIpc) is 3.46. The van der Waals surface area contributed by atoms with E-state index in [9.17, 15) is 22.4 Å². The number of aromatic amines is 1. The van der Waals surface area contributed by atoms with Gasteiger partial charge in [-0.15, -0.1) is 0 Å². The van der Waals surface area contributed by atoms with E-state index in [1.165, 1.54) is 6.07 Å². The molecule has 0 amide bonds. The zero-order chi connectivity index (χ0) is 20.5. The van der Waals surface area contributed by atoms with Crippen molar-refractivity contribution in [3.05, 3.63) is 40.6 Å². The summed E-state index contributed by atoms with van der Waals surface area (Å²) in [5, 5.41) is 7.07. The molecule has 0 radical (unpaired) electrons. The molecule has 1 aromatic carbocycles. The van der Waals surface area contributed by atoms with Crippen molar-refractivity contribution in [2.45, 2.75) is 70.0 Å². The molecule has 1 N–H and O–H groups in total. The standard InChI is InChI=1S/C21H22F4N2O2/c22-20(23)14-2-1-3-15(21(24)25)17(14)19-16(18(26-27-19)11-4-5-11)10-29-13-8-6-12(28)7-9-13/h1-3,11,13,20-21H,4-10H2,(H,26,27). The molecule has 1 aromatic heterocycles. The fourth-order valence-electron chi connectivity index (χ4n) is 3.95. The van der Waals surface area contributed by atoms with Crippen LogP contribution in [0.25, 0.3) is 11.3 Å². The van der Waals surface area contributed by atoms with Crippen LogP contribution in [0.3, 0.4) is 0 Å². The van der Waals surface area contributed by atoms with E-state index < -0.39 is 24.0 Å². The zero-order valence-electron chi connectivity index (χ0n) is 15.8. The van der Waals surface area contributed by atoms with Gasteiger partial charge in [0.1, 0.15) is 5.78 Å². The molecule has 156 valence electrons. The molecule has 2 aromatic rings. The Kier molecular flexibility index (Phi) is 5.72. The molecular formula is C21H22F4N2O2. The molecule has 0 saturated heterocycles. The van der Waals surface area contributed by atoms with Crippen molar-refractivity contribution >= 4 is 5.78 Å². The number of ether oxygens (including phenoxy) is 1. The molecule has 2 fully saturated rings. The van der Waals surface area contributed by atoms with E-state index >= 15 is 0 Å². The number of nitrogens with zero attached hydrogens (tertiary/aromatic N) is 1. The first-order chi connectivity index (χ1) is 14.0. The summed E-state index contributed by atoms with van der Waals surface area (Å²) in [5.41, 5.74) is 0.334. The van der Waals surface area contributed by atoms with Crippen LogP contribution in [0.5, 0.6) is 0 Å². The van der Waals surface area contributed by atoms with Crippen LogP contribution in [-0.4, -0.2) is 22.1 Å². The molecule has 29 heavy (non-hydrogen) atoms. The van der Waals surface area contributed by atoms with Gasteiger partial charge in [-0.25, -0.2) is 17.6 Å². The predicted octanol–water partition coefficient (Wildman–Crippen LogP) is 5.86. The van der Waals surface area contributed by atoms with Crippen molar-refractivity contribution < 1.29 is 27.1 Å². The highest BCUT2D eigenvalue weighted by molar-refractivity contribution is 5.79. The number of Topliss-reactive ketones (excluding diaryl/α,β-unsaturated/α-hetero) is 1. The molecular weight excluding hydrogens is 388 g/mol. The fraction of sp³-hybridized carbons (Fsp3) is 0.524. The Morgan fingerprint density at radius 3 is 2.21 bits per heavy atom. The molecule has 4 rings (SSSR count). The Bertz CT molecular complexity index is 857. The van der Waals surface area contributed by atoms with Gasteiger partial charge in [0.15, 0.2) is 0 Å². The second-order valence-corrected chi connectivity index (χ2v) is 7.70. The number of hydrogen-bond donors (Lipinski definition) is 1. The molecule has 8 heteroatoms. The first-order valence-corrected chi connectivity index (χ1v) is 9.85. The summed E-state index contributed by atoms with van der Waals surface area (Å²) >= 11 is 0. The number of alkyl halides is 4. The lowest BCUT2D eigenvalue weighted by Gasteiger charge is -2.22. The monoisotopic (exact) mass is 410 g/mol. The predicted molar refractivity (Wildman–Crippen MR) is 98.0 cm³/mol. The summed E-state index contributed by atoms with van der Waals surface area (Å²) in [6, 6.07) is 3.54. The summed E-state index contributed by atoms with van der Waals surface area (Å²) in [7, 11) is 0. The third-order valence-electron chi connectivity index (χ3n) is 5.67. The Morgan fingerprint density at radius 1 is 1.03 bits per heavy atom. The molecule has 0 spiro atoms. The van der Waals surface area contributed by atoms with Crippen LogP contribution in [0.4, 0.5) is 17.6 Å². The number of rotatable bonds is 7. The molecule has 0 atom stereocenters. The Hall–Kier alpha value is -2.22. The first kappa shape index (κ1) is 20.1. The van der Waals surface area contributed by atoms with E-state index in [0.29, 0.717) is 31.2 Å². The molecule has 0 unspecified atom stereocenters. The zero-order valence-corrected chi connectivity index (χ0v) is 15.8. The molecule has 4 nitrogen and oxygen atoms in total. The van der Waals surface area contributed by atoms with Crippen molar-refractivity contribution in [3.8, 4) is 11.3 Å². The maximum Gasteiger partial charge on any atom is 0.264 e. The largest absolute Gasteiger partial charge is 0.373 e. The van der Waals surface area contributed by atoms with Crippen LogP contribution in [0.15, 0.2) is 18.2 Å².